The van der Waals surface area contributed by atoms with Crippen molar-refractivity contribution in [3.63, 3.8) is 0 Å². The van der Waals surface area contributed by atoms with E-state index in [2.05, 4.69) is 31.9 Å². The number of likely N-dealkylation sites (tertiary alicyclic amines) is 2. The Morgan fingerprint density at radius 1 is 0.732 bits per heavy atom. The molecule has 97 heavy (non-hydrogen) atoms. The van der Waals surface area contributed by atoms with Crippen LogP contribution in [0.2, 0.25) is 0 Å². The summed E-state index contributed by atoms with van der Waals surface area (Å²) in [6.45, 7) is 14.1. The van der Waals surface area contributed by atoms with Crippen LogP contribution < -0.4 is 37.6 Å². The van der Waals surface area contributed by atoms with Crippen molar-refractivity contribution in [3.05, 3.63) is 77.9 Å². The number of fused-ring (bicyclic) bond motifs is 2. The van der Waals surface area contributed by atoms with Crippen LogP contribution in [-0.2, 0) is 75.1 Å². The van der Waals surface area contributed by atoms with Crippen LogP contribution in [0.25, 0.3) is 0 Å². The quantitative estimate of drug-likeness (QED) is 0.0321. The highest BCUT2D eigenvalue weighted by Crippen LogP contribution is 2.43. The van der Waals surface area contributed by atoms with Crippen LogP contribution >= 0.6 is 0 Å². The molecule has 3 fully saturated rings. The van der Waals surface area contributed by atoms with Crippen molar-refractivity contribution in [2.24, 2.45) is 35.3 Å². The number of nitrogens with two attached hydrogens (primary N) is 1. The summed E-state index contributed by atoms with van der Waals surface area (Å²) in [7, 11) is 6.36. The number of benzene rings is 2. The average Bonchev–Trinajstić information content (AvgIpc) is 1.63. The predicted octanol–water partition coefficient (Wildman–Crippen LogP) is 5.50. The fraction of sp³-hybridized carbons (Fsp3) is 0.648. The SMILES string of the molecule is CC[C@H](C)[C@@H]([C@@H](CC(=O)N1CCC[C@H]1[C@H](OC)[C@@H](C)C(=O)N[C@H](COC)Cc1ccccc1)OC)N(C)C(=O)[C@@H](NC(=O)[C@@H]1[C@H]2CC[C@H](C2)N1C(=O)OCc1ccc(NC(=O)[C@H](CCCCNC(N)=O)NC(=O)[C@@H](NC(=O)CCCCCN2C(=O)C=CC2=O)C(C)C)cc1)C(C)C. The number of anilines is 1. The number of carbonyl (C=O) groups excluding carboxylic acids is 11. The van der Waals surface area contributed by atoms with Crippen LogP contribution in [0.3, 0.4) is 0 Å². The normalized spacial score (nSPS) is 20.1. The number of methoxy groups -OCH3 is 3. The first-order valence-corrected chi connectivity index (χ1v) is 34.6. The lowest BCUT2D eigenvalue weighted by atomic mass is 9.89. The average molecular weight is 1350 g/mol. The van der Waals surface area contributed by atoms with E-state index < -0.39 is 84.2 Å². The van der Waals surface area contributed by atoms with E-state index in [1.54, 1.807) is 69.2 Å². The number of rotatable bonds is 39. The van der Waals surface area contributed by atoms with Crippen LogP contribution in [0.5, 0.6) is 0 Å². The second kappa shape index (κ2) is 38.2. The van der Waals surface area contributed by atoms with Gasteiger partial charge in [-0.1, -0.05) is 104 Å². The summed E-state index contributed by atoms with van der Waals surface area (Å²) in [6.07, 6.45) is 7.57. The molecule has 12 amide bonds. The summed E-state index contributed by atoms with van der Waals surface area (Å²) in [5.74, 6) is -5.12. The maximum atomic E-state index is 14.9. The van der Waals surface area contributed by atoms with Crippen LogP contribution in [0.15, 0.2) is 66.7 Å². The Labute approximate surface area is 571 Å². The van der Waals surface area contributed by atoms with Crippen molar-refractivity contribution < 1.29 is 71.7 Å². The maximum absolute atomic E-state index is 14.9. The van der Waals surface area contributed by atoms with Gasteiger partial charge in [-0.25, -0.2) is 9.59 Å². The van der Waals surface area contributed by atoms with E-state index in [4.69, 9.17) is 24.7 Å². The molecule has 6 rings (SSSR count). The van der Waals surface area contributed by atoms with Gasteiger partial charge >= 0.3 is 12.1 Å². The second-order valence-electron chi connectivity index (χ2n) is 27.1. The lowest BCUT2D eigenvalue weighted by Crippen LogP contribution is -2.60. The first-order valence-electron chi connectivity index (χ1n) is 34.6. The molecule has 536 valence electrons. The summed E-state index contributed by atoms with van der Waals surface area (Å²) < 4.78 is 23.5. The van der Waals surface area contributed by atoms with E-state index in [9.17, 15) is 52.7 Å². The topological polar surface area (TPSA) is 336 Å². The Kier molecular flexibility index (Phi) is 30.8. The van der Waals surface area contributed by atoms with Gasteiger partial charge in [-0.15, -0.1) is 0 Å². The zero-order valence-corrected chi connectivity index (χ0v) is 58.6. The molecule has 3 aliphatic heterocycles. The number of urea groups is 1. The number of carbonyl (C=O) groups is 11. The summed E-state index contributed by atoms with van der Waals surface area (Å²) in [6, 6.07) is 10.3. The third-order valence-electron chi connectivity index (χ3n) is 19.5. The molecule has 3 heterocycles. The number of likely N-dealkylation sites (N-methyl/N-ethyl adjacent to an activating group) is 1. The standard InChI is InChI=1S/C71H107N11O15/c1-12-45(6)62(55(95-10)40-59(86)80-37-21-25-54(80)64(96-11)46(7)65(87)75-51(42-94-9)38-47-22-15-13-16-23-47)79(8)69(91)61(44(4)5)78-68(90)63-49-29-32-52(39-49)82(63)71(93)97-41-48-27-30-50(31-28-48)74-66(88)53(24-18-19-35-73-70(72)92)76-67(89)60(43(2)3)77-56(83)26-17-14-20-36-81-57(84)33-34-58(81)85/h13,15-16,22-23,27-28,30-31,33-34,43-46,49,51-55,60-64H,12,14,17-21,24-26,29,32,35-42H2,1-11H3,(H,74,88)(H,75,87)(H,76,89)(H,77,83)(H,78,90)(H3,72,73,92)/t45-,46+,49-,51-,52+,53-,54-,55+,60-,61-,62-,63-,64+/m0/s1. The number of amides is 12. The minimum atomic E-state index is -1.05. The maximum Gasteiger partial charge on any atom is 0.411 e. The molecule has 8 N–H and O–H groups in total. The summed E-state index contributed by atoms with van der Waals surface area (Å²) >= 11 is 0. The Morgan fingerprint density at radius 3 is 2.05 bits per heavy atom. The first-order chi connectivity index (χ1) is 46.3. The molecular formula is C71H107N11O15. The molecule has 2 aromatic rings. The largest absolute Gasteiger partial charge is 0.445 e. The molecule has 2 bridgehead atoms. The van der Waals surface area contributed by atoms with Gasteiger partial charge < -0.3 is 66.4 Å². The number of unbranched alkanes of at least 4 members (excludes halogenated alkanes) is 3. The lowest BCUT2D eigenvalue weighted by molar-refractivity contribution is -0.148. The Balaban J connectivity index is 1.04. The monoisotopic (exact) mass is 1350 g/mol. The molecule has 13 atom stereocenters. The molecule has 0 radical (unpaired) electrons. The van der Waals surface area contributed by atoms with Crippen LogP contribution in [-0.4, -0.2) is 200 Å². The summed E-state index contributed by atoms with van der Waals surface area (Å²) in [4.78, 5) is 154. The third kappa shape index (κ3) is 22.0. The van der Waals surface area contributed by atoms with Gasteiger partial charge in [0.2, 0.25) is 41.4 Å². The third-order valence-corrected chi connectivity index (χ3v) is 19.5. The fourth-order valence-corrected chi connectivity index (χ4v) is 14.0. The van der Waals surface area contributed by atoms with Crippen LogP contribution in [0.4, 0.5) is 15.3 Å². The van der Waals surface area contributed by atoms with Gasteiger partial charge in [0.05, 0.1) is 49.3 Å². The zero-order valence-electron chi connectivity index (χ0n) is 58.6. The number of nitrogens with zero attached hydrogens (tertiary/aromatic N) is 4. The molecule has 26 nitrogen and oxygen atoms in total. The highest BCUT2D eigenvalue weighted by molar-refractivity contribution is 6.12. The van der Waals surface area contributed by atoms with Crippen molar-refractivity contribution in [3.8, 4) is 0 Å². The second-order valence-corrected chi connectivity index (χ2v) is 27.1. The van der Waals surface area contributed by atoms with Crippen LogP contribution in [0.1, 0.15) is 149 Å². The minimum Gasteiger partial charge on any atom is -0.445 e. The van der Waals surface area contributed by atoms with Crippen molar-refractivity contribution in [1.82, 2.24) is 46.2 Å². The fourth-order valence-electron chi connectivity index (χ4n) is 14.0. The van der Waals surface area contributed by atoms with Crippen molar-refractivity contribution in [1.29, 1.82) is 0 Å². The van der Waals surface area contributed by atoms with Gasteiger partial charge in [-0.05, 0) is 118 Å². The number of hydrogen-bond donors (Lipinski definition) is 7. The van der Waals surface area contributed by atoms with E-state index in [0.29, 0.717) is 101 Å². The number of imide groups is 1. The Bertz CT molecular complexity index is 3010. The van der Waals surface area contributed by atoms with Gasteiger partial charge in [0.15, 0.2) is 0 Å². The molecule has 0 spiro atoms. The molecule has 0 aromatic heterocycles. The number of piperidine rings is 1. The molecule has 4 aliphatic rings. The smallest absolute Gasteiger partial charge is 0.411 e. The highest BCUT2D eigenvalue weighted by Gasteiger charge is 2.53. The number of nitrogens with one attached hydrogen (secondary N) is 6. The molecule has 1 saturated carbocycles. The van der Waals surface area contributed by atoms with Gasteiger partial charge in [0.25, 0.3) is 11.8 Å². The van der Waals surface area contributed by atoms with Crippen molar-refractivity contribution >= 4 is 71.0 Å². The molecule has 1 aliphatic carbocycles. The lowest BCUT2D eigenvalue weighted by Gasteiger charge is -2.41. The predicted molar refractivity (Wildman–Crippen MR) is 363 cm³/mol. The Hall–Kier alpha value is -7.97. The molecule has 2 aromatic carbocycles. The highest BCUT2D eigenvalue weighted by atomic mass is 16.6. The van der Waals surface area contributed by atoms with E-state index in [0.717, 1.165) is 10.5 Å². The van der Waals surface area contributed by atoms with E-state index in [1.165, 1.54) is 24.2 Å². The summed E-state index contributed by atoms with van der Waals surface area (Å²) in [5, 5.41) is 17.2. The van der Waals surface area contributed by atoms with E-state index in [-0.39, 0.29) is 110 Å². The van der Waals surface area contributed by atoms with Gasteiger partial charge in [0, 0.05) is 78.3 Å². The number of hydrogen-bond acceptors (Lipinski definition) is 15. The molecule has 0 unspecified atom stereocenters. The number of primary amides is 1. The first kappa shape index (κ1) is 78.0. The van der Waals surface area contributed by atoms with E-state index >= 15 is 0 Å². The van der Waals surface area contributed by atoms with Gasteiger partial charge in [-0.2, -0.15) is 0 Å². The van der Waals surface area contributed by atoms with Crippen molar-refractivity contribution in [2.45, 2.75) is 212 Å². The number of ether oxygens (including phenoxy) is 4. The molecule has 2 saturated heterocycles. The van der Waals surface area contributed by atoms with Crippen LogP contribution in [0, 0.1) is 29.6 Å². The summed E-state index contributed by atoms with van der Waals surface area (Å²) in [5.41, 5.74) is 7.25. The van der Waals surface area contributed by atoms with Gasteiger partial charge in [0.1, 0.15) is 30.8 Å². The van der Waals surface area contributed by atoms with E-state index in [1.807, 2.05) is 65.0 Å². The minimum absolute atomic E-state index is 0.0571. The molecular weight excluding hydrogens is 1250 g/mol. The Morgan fingerprint density at radius 2 is 1.42 bits per heavy atom. The van der Waals surface area contributed by atoms with Gasteiger partial charge in [-0.3, -0.25) is 53.0 Å². The van der Waals surface area contributed by atoms with Crippen molar-refractivity contribution in [2.75, 3.05) is 59.9 Å². The zero-order chi connectivity index (χ0) is 71.0. The molecule has 26 heteroatoms.